The Morgan fingerprint density at radius 1 is 0.892 bits per heavy atom. The Hall–Kier alpha value is -3.36. The highest BCUT2D eigenvalue weighted by Crippen LogP contribution is 2.51. The average molecular weight is 521 g/mol. The molecule has 0 saturated heterocycles. The Labute approximate surface area is 218 Å². The lowest BCUT2D eigenvalue weighted by Gasteiger charge is -2.21. The van der Waals surface area contributed by atoms with Crippen LogP contribution < -0.4 is 14.8 Å². The number of ether oxygens (including phenoxy) is 2. The van der Waals surface area contributed by atoms with Crippen LogP contribution in [0.2, 0.25) is 0 Å². The summed E-state index contributed by atoms with van der Waals surface area (Å²) in [6.45, 7) is 5.18. The smallest absolute Gasteiger partial charge is 0.243 e. The molecule has 1 amide bonds. The van der Waals surface area contributed by atoms with Gasteiger partial charge in [0.05, 0.1) is 10.3 Å². The van der Waals surface area contributed by atoms with Crippen LogP contribution in [0.15, 0.2) is 71.6 Å². The molecular formula is C29H32N2O5S. The fourth-order valence-electron chi connectivity index (χ4n) is 4.81. The highest BCUT2D eigenvalue weighted by molar-refractivity contribution is 7.89. The fraction of sp³-hybridized carbons (Fsp3) is 0.345. The van der Waals surface area contributed by atoms with E-state index in [2.05, 4.69) is 5.32 Å². The number of carbonyl (C=O) groups is 1. The molecule has 5 rings (SSSR count). The molecule has 1 N–H and O–H groups in total. The molecule has 0 spiro atoms. The van der Waals surface area contributed by atoms with Crippen molar-refractivity contribution in [2.45, 2.75) is 49.8 Å². The van der Waals surface area contributed by atoms with Crippen LogP contribution in [-0.4, -0.2) is 38.5 Å². The fourth-order valence-corrected chi connectivity index (χ4v) is 6.44. The van der Waals surface area contributed by atoms with Gasteiger partial charge >= 0.3 is 0 Å². The van der Waals surface area contributed by atoms with Gasteiger partial charge < -0.3 is 14.8 Å². The van der Waals surface area contributed by atoms with Crippen molar-refractivity contribution in [1.82, 2.24) is 4.31 Å². The van der Waals surface area contributed by atoms with E-state index in [1.165, 1.54) is 0 Å². The van der Waals surface area contributed by atoms with Crippen molar-refractivity contribution in [3.8, 4) is 22.6 Å². The topological polar surface area (TPSA) is 84.9 Å². The first-order valence-electron chi connectivity index (χ1n) is 12.8. The molecule has 1 aliphatic heterocycles. The number of hydrogen-bond donors (Lipinski definition) is 1. The first-order valence-corrected chi connectivity index (χ1v) is 14.2. The van der Waals surface area contributed by atoms with Gasteiger partial charge in [-0.2, -0.15) is 4.31 Å². The van der Waals surface area contributed by atoms with Crippen LogP contribution >= 0.6 is 0 Å². The number of anilines is 1. The van der Waals surface area contributed by atoms with Crippen molar-refractivity contribution >= 4 is 21.6 Å². The molecule has 194 valence electrons. The highest BCUT2D eigenvalue weighted by Gasteiger charge is 2.51. The molecule has 0 radical (unpaired) electrons. The van der Waals surface area contributed by atoms with E-state index < -0.39 is 15.4 Å². The minimum Gasteiger partial charge on any atom is -0.454 e. The summed E-state index contributed by atoms with van der Waals surface area (Å²) in [5.74, 6) is 1.34. The van der Waals surface area contributed by atoms with Gasteiger partial charge in [-0.3, -0.25) is 4.79 Å². The quantitative estimate of drug-likeness (QED) is 0.378. The maximum Gasteiger partial charge on any atom is 0.243 e. The third kappa shape index (κ3) is 4.95. The standard InChI is InChI=1S/C29H32N2O5S/c1-3-16-31(17-4-2)37(33,34)25-11-8-21(9-12-25)22-6-5-7-24(18-22)30-28(32)29(14-15-29)23-10-13-26-27(19-23)36-20-35-26/h5-13,18-19H,3-4,14-17,20H2,1-2H3,(H,30,32). The van der Waals surface area contributed by atoms with Crippen LogP contribution in [0.3, 0.4) is 0 Å². The summed E-state index contributed by atoms with van der Waals surface area (Å²) < 4.78 is 38.6. The van der Waals surface area contributed by atoms with Gasteiger partial charge in [0, 0.05) is 18.8 Å². The summed E-state index contributed by atoms with van der Waals surface area (Å²) in [4.78, 5) is 13.6. The summed E-state index contributed by atoms with van der Waals surface area (Å²) in [5.41, 5.74) is 2.85. The molecule has 3 aromatic rings. The van der Waals surface area contributed by atoms with Crippen LogP contribution in [0, 0.1) is 0 Å². The van der Waals surface area contributed by atoms with Crippen LogP contribution in [-0.2, 0) is 20.2 Å². The first kappa shape index (κ1) is 25.3. The van der Waals surface area contributed by atoms with Crippen molar-refractivity contribution in [3.05, 3.63) is 72.3 Å². The maximum absolute atomic E-state index is 13.3. The Balaban J connectivity index is 1.32. The van der Waals surface area contributed by atoms with Crippen LogP contribution in [0.4, 0.5) is 5.69 Å². The van der Waals surface area contributed by atoms with Gasteiger partial charge in [-0.1, -0.05) is 44.2 Å². The lowest BCUT2D eigenvalue weighted by molar-refractivity contribution is -0.118. The van der Waals surface area contributed by atoms with Crippen molar-refractivity contribution in [2.24, 2.45) is 0 Å². The lowest BCUT2D eigenvalue weighted by Crippen LogP contribution is -2.32. The SMILES string of the molecule is CCCN(CCC)S(=O)(=O)c1ccc(-c2cccc(NC(=O)C3(c4ccc5c(c4)OCO5)CC3)c2)cc1. The van der Waals surface area contributed by atoms with E-state index in [0.29, 0.717) is 35.2 Å². The Kier molecular flexibility index (Phi) is 6.96. The van der Waals surface area contributed by atoms with Crippen LogP contribution in [0.1, 0.15) is 45.1 Å². The summed E-state index contributed by atoms with van der Waals surface area (Å²) in [5, 5.41) is 3.09. The highest BCUT2D eigenvalue weighted by atomic mass is 32.2. The molecule has 1 heterocycles. The van der Waals surface area contributed by atoms with Gasteiger partial charge in [-0.25, -0.2) is 8.42 Å². The van der Waals surface area contributed by atoms with E-state index >= 15 is 0 Å². The minimum absolute atomic E-state index is 0.0445. The Bertz CT molecular complexity index is 1390. The number of fused-ring (bicyclic) bond motifs is 1. The number of amides is 1. The molecule has 1 aliphatic carbocycles. The van der Waals surface area contributed by atoms with Gasteiger partial charge in [0.25, 0.3) is 0 Å². The molecule has 0 atom stereocenters. The summed E-state index contributed by atoms with van der Waals surface area (Å²) in [6.07, 6.45) is 3.10. The zero-order valence-electron chi connectivity index (χ0n) is 21.2. The molecule has 8 heteroatoms. The van der Waals surface area contributed by atoms with Crippen molar-refractivity contribution in [1.29, 1.82) is 0 Å². The monoisotopic (exact) mass is 520 g/mol. The third-order valence-electron chi connectivity index (χ3n) is 7.00. The number of rotatable bonds is 10. The van der Waals surface area contributed by atoms with Crippen molar-refractivity contribution in [3.63, 3.8) is 0 Å². The summed E-state index contributed by atoms with van der Waals surface area (Å²) in [6, 6.07) is 20.3. The second-order valence-electron chi connectivity index (χ2n) is 9.61. The number of hydrogen-bond acceptors (Lipinski definition) is 5. The van der Waals surface area contributed by atoms with Crippen LogP contribution in [0.25, 0.3) is 11.1 Å². The first-order chi connectivity index (χ1) is 17.9. The Morgan fingerprint density at radius 3 is 2.27 bits per heavy atom. The Morgan fingerprint density at radius 2 is 1.59 bits per heavy atom. The molecule has 1 saturated carbocycles. The van der Waals surface area contributed by atoms with E-state index in [-0.39, 0.29) is 12.7 Å². The number of benzene rings is 3. The molecule has 1 fully saturated rings. The van der Waals surface area contributed by atoms with Crippen molar-refractivity contribution < 1.29 is 22.7 Å². The largest absolute Gasteiger partial charge is 0.454 e. The predicted molar refractivity (Wildman–Crippen MR) is 143 cm³/mol. The number of nitrogens with one attached hydrogen (secondary N) is 1. The minimum atomic E-state index is -3.53. The van der Waals surface area contributed by atoms with E-state index in [4.69, 9.17) is 9.47 Å². The second-order valence-corrected chi connectivity index (χ2v) is 11.6. The molecule has 2 aliphatic rings. The maximum atomic E-state index is 13.3. The number of sulfonamides is 1. The molecule has 0 unspecified atom stereocenters. The summed E-state index contributed by atoms with van der Waals surface area (Å²) in [7, 11) is -3.53. The summed E-state index contributed by atoms with van der Waals surface area (Å²) >= 11 is 0. The molecule has 7 nitrogen and oxygen atoms in total. The van der Waals surface area contributed by atoms with E-state index in [0.717, 1.165) is 42.4 Å². The van der Waals surface area contributed by atoms with Gasteiger partial charge in [0.1, 0.15) is 0 Å². The average Bonchev–Trinajstić information content (AvgIpc) is 3.59. The van der Waals surface area contributed by atoms with Gasteiger partial charge in [-0.05, 0) is 78.8 Å². The molecule has 0 aromatic heterocycles. The van der Waals surface area contributed by atoms with E-state index in [1.807, 2.05) is 68.4 Å². The molecule has 0 bridgehead atoms. The van der Waals surface area contributed by atoms with Gasteiger partial charge in [0.2, 0.25) is 22.7 Å². The molecule has 37 heavy (non-hydrogen) atoms. The predicted octanol–water partition coefficient (Wildman–Crippen LogP) is 5.56. The second kappa shape index (κ2) is 10.2. The zero-order valence-corrected chi connectivity index (χ0v) is 22.0. The van der Waals surface area contributed by atoms with Crippen molar-refractivity contribution in [2.75, 3.05) is 25.2 Å². The normalized spacial score (nSPS) is 15.5. The third-order valence-corrected chi connectivity index (χ3v) is 8.91. The van der Waals surface area contributed by atoms with Gasteiger partial charge in [0.15, 0.2) is 11.5 Å². The number of nitrogens with zero attached hydrogens (tertiary/aromatic N) is 1. The van der Waals surface area contributed by atoms with Gasteiger partial charge in [-0.15, -0.1) is 0 Å². The lowest BCUT2D eigenvalue weighted by atomic mass is 9.94. The van der Waals surface area contributed by atoms with E-state index in [9.17, 15) is 13.2 Å². The van der Waals surface area contributed by atoms with Crippen LogP contribution in [0.5, 0.6) is 11.5 Å². The molecular weight excluding hydrogens is 488 g/mol. The zero-order chi connectivity index (χ0) is 26.0. The number of carbonyl (C=O) groups excluding carboxylic acids is 1. The molecule has 3 aromatic carbocycles. The van der Waals surface area contributed by atoms with E-state index in [1.54, 1.807) is 16.4 Å².